The van der Waals surface area contributed by atoms with Gasteiger partial charge in [-0.25, -0.2) is 0 Å². The number of nitro benzene ring substituents is 1. The van der Waals surface area contributed by atoms with Crippen LogP contribution in [0.4, 0.5) is 24.5 Å². The third-order valence-electron chi connectivity index (χ3n) is 5.37. The van der Waals surface area contributed by atoms with Gasteiger partial charge in [0.05, 0.1) is 10.5 Å². The highest BCUT2D eigenvalue weighted by Crippen LogP contribution is 2.58. The first kappa shape index (κ1) is 19.4. The Hall–Kier alpha value is -2.36. The fourth-order valence-electron chi connectivity index (χ4n) is 3.71. The van der Waals surface area contributed by atoms with E-state index < -0.39 is 22.4 Å². The molecule has 10 heteroatoms. The van der Waals surface area contributed by atoms with Crippen molar-refractivity contribution in [3.8, 4) is 0 Å². The van der Waals surface area contributed by atoms with Gasteiger partial charge in [-0.1, -0.05) is 0 Å². The van der Waals surface area contributed by atoms with Crippen molar-refractivity contribution in [3.05, 3.63) is 33.9 Å². The van der Waals surface area contributed by atoms with Gasteiger partial charge in [-0.2, -0.15) is 13.2 Å². The number of nitrogens with zero attached hydrogens (tertiary/aromatic N) is 1. The first-order valence-electron chi connectivity index (χ1n) is 8.81. The van der Waals surface area contributed by atoms with E-state index in [-0.39, 0.29) is 36.0 Å². The maximum Gasteiger partial charge on any atom is 0.416 e. The van der Waals surface area contributed by atoms with Crippen LogP contribution in [0.2, 0.25) is 0 Å². The molecule has 1 saturated carbocycles. The molecule has 0 radical (unpaired) electrons. The number of carbonyl (C=O) groups is 1. The Bertz CT molecular complexity index is 733. The van der Waals surface area contributed by atoms with Crippen molar-refractivity contribution in [2.24, 2.45) is 11.3 Å². The quantitative estimate of drug-likeness (QED) is 0.397. The maximum absolute atomic E-state index is 12.7. The van der Waals surface area contributed by atoms with Crippen LogP contribution < -0.4 is 16.0 Å². The van der Waals surface area contributed by atoms with Crippen LogP contribution in [0.25, 0.3) is 0 Å². The van der Waals surface area contributed by atoms with E-state index in [1.807, 2.05) is 0 Å². The van der Waals surface area contributed by atoms with Crippen molar-refractivity contribution in [1.82, 2.24) is 10.6 Å². The van der Waals surface area contributed by atoms with E-state index in [2.05, 4.69) is 16.0 Å². The fraction of sp³-hybridized carbons (Fsp3) is 0.588. The van der Waals surface area contributed by atoms with Crippen molar-refractivity contribution in [3.63, 3.8) is 0 Å². The molecule has 1 unspecified atom stereocenters. The summed E-state index contributed by atoms with van der Waals surface area (Å²) in [5.74, 6) is -0.0133. The van der Waals surface area contributed by atoms with Gasteiger partial charge in [0.2, 0.25) is 5.91 Å². The largest absolute Gasteiger partial charge is 0.416 e. The molecule has 1 aliphatic carbocycles. The number of halogens is 3. The molecule has 2 fully saturated rings. The summed E-state index contributed by atoms with van der Waals surface area (Å²) in [6.45, 7) is 2.26. The molecule has 2 aliphatic rings. The van der Waals surface area contributed by atoms with Gasteiger partial charge in [0, 0.05) is 25.1 Å². The molecule has 3 N–H and O–H groups in total. The molecular weight excluding hydrogens is 365 g/mol. The lowest BCUT2D eigenvalue weighted by molar-refractivity contribution is -0.384. The number of amides is 1. The zero-order valence-electron chi connectivity index (χ0n) is 14.6. The van der Waals surface area contributed by atoms with Crippen molar-refractivity contribution in [2.75, 3.05) is 31.5 Å². The van der Waals surface area contributed by atoms with Crippen LogP contribution in [0, 0.1) is 21.4 Å². The minimum Gasteiger partial charge on any atom is -0.378 e. The van der Waals surface area contributed by atoms with E-state index in [0.717, 1.165) is 44.5 Å². The van der Waals surface area contributed by atoms with Crippen LogP contribution in [0.3, 0.4) is 0 Å². The smallest absolute Gasteiger partial charge is 0.378 e. The summed E-state index contributed by atoms with van der Waals surface area (Å²) in [6.07, 6.45) is -1.79. The summed E-state index contributed by atoms with van der Waals surface area (Å²) in [4.78, 5) is 22.4. The molecule has 1 amide bonds. The average Bonchev–Trinajstić information content (AvgIpc) is 3.31. The normalized spacial score (nSPS) is 20.9. The van der Waals surface area contributed by atoms with Crippen LogP contribution in [-0.2, 0) is 11.0 Å². The zero-order valence-corrected chi connectivity index (χ0v) is 14.6. The molecule has 1 aromatic carbocycles. The second-order valence-electron chi connectivity index (χ2n) is 7.07. The van der Waals surface area contributed by atoms with E-state index in [1.165, 1.54) is 0 Å². The number of hydrogen-bond acceptors (Lipinski definition) is 5. The Kier molecular flexibility index (Phi) is 5.27. The molecular formula is C17H21F3N4O3. The molecule has 0 bridgehead atoms. The van der Waals surface area contributed by atoms with E-state index in [9.17, 15) is 28.1 Å². The minimum absolute atomic E-state index is 0.0107. The number of rotatable bonds is 6. The van der Waals surface area contributed by atoms with Crippen molar-refractivity contribution in [2.45, 2.75) is 25.4 Å². The van der Waals surface area contributed by atoms with Crippen molar-refractivity contribution in [1.29, 1.82) is 0 Å². The van der Waals surface area contributed by atoms with Gasteiger partial charge in [0.15, 0.2) is 0 Å². The van der Waals surface area contributed by atoms with Gasteiger partial charge in [-0.3, -0.25) is 14.9 Å². The molecule has 7 nitrogen and oxygen atoms in total. The Morgan fingerprint density at radius 2 is 2.00 bits per heavy atom. The third kappa shape index (κ3) is 4.32. The predicted molar refractivity (Wildman–Crippen MR) is 92.2 cm³/mol. The van der Waals surface area contributed by atoms with Gasteiger partial charge >= 0.3 is 6.18 Å². The van der Waals surface area contributed by atoms with Gasteiger partial charge in [0.1, 0.15) is 5.69 Å². The predicted octanol–water partition coefficient (Wildman–Crippen LogP) is 2.53. The molecule has 1 spiro atoms. The highest BCUT2D eigenvalue weighted by atomic mass is 19.4. The summed E-state index contributed by atoms with van der Waals surface area (Å²) in [7, 11) is 0. The van der Waals surface area contributed by atoms with E-state index >= 15 is 0 Å². The van der Waals surface area contributed by atoms with E-state index in [0.29, 0.717) is 6.07 Å². The SMILES string of the molecule is O=C(NCCNc1ccc(C(F)(F)F)cc1[N+](=O)[O-])C1CC12CCNCC2. The number of nitrogens with one attached hydrogen (secondary N) is 3. The Morgan fingerprint density at radius 1 is 1.30 bits per heavy atom. The van der Waals surface area contributed by atoms with Crippen LogP contribution in [0.5, 0.6) is 0 Å². The number of carbonyl (C=O) groups excluding carboxylic acids is 1. The number of anilines is 1. The van der Waals surface area contributed by atoms with Gasteiger partial charge in [0.25, 0.3) is 5.69 Å². The number of hydrogen-bond donors (Lipinski definition) is 3. The highest BCUT2D eigenvalue weighted by Gasteiger charge is 2.57. The molecule has 148 valence electrons. The molecule has 3 rings (SSSR count). The second-order valence-corrected chi connectivity index (χ2v) is 7.07. The van der Waals surface area contributed by atoms with Crippen LogP contribution in [-0.4, -0.2) is 37.0 Å². The molecule has 1 aromatic rings. The van der Waals surface area contributed by atoms with Crippen LogP contribution in [0.15, 0.2) is 18.2 Å². The lowest BCUT2D eigenvalue weighted by Crippen LogP contribution is -2.35. The van der Waals surface area contributed by atoms with Crippen LogP contribution >= 0.6 is 0 Å². The van der Waals surface area contributed by atoms with Gasteiger partial charge in [-0.15, -0.1) is 0 Å². The second kappa shape index (κ2) is 7.34. The molecule has 1 heterocycles. The zero-order chi connectivity index (χ0) is 19.7. The van der Waals surface area contributed by atoms with Crippen LogP contribution in [0.1, 0.15) is 24.8 Å². The monoisotopic (exact) mass is 386 g/mol. The lowest BCUT2D eigenvalue weighted by Gasteiger charge is -2.23. The number of benzene rings is 1. The van der Waals surface area contributed by atoms with E-state index in [4.69, 9.17) is 0 Å². The molecule has 1 saturated heterocycles. The molecule has 1 aliphatic heterocycles. The fourth-order valence-corrected chi connectivity index (χ4v) is 3.71. The number of piperidine rings is 1. The summed E-state index contributed by atoms with van der Waals surface area (Å²) in [5.41, 5.74) is -1.61. The summed E-state index contributed by atoms with van der Waals surface area (Å²) in [5, 5.41) is 19.8. The Labute approximate surface area is 153 Å². The first-order valence-corrected chi connectivity index (χ1v) is 8.81. The van der Waals surface area contributed by atoms with E-state index in [1.54, 1.807) is 0 Å². The first-order chi connectivity index (χ1) is 12.7. The number of nitro groups is 1. The summed E-state index contributed by atoms with van der Waals surface area (Å²) >= 11 is 0. The van der Waals surface area contributed by atoms with Crippen molar-refractivity contribution < 1.29 is 22.9 Å². The highest BCUT2D eigenvalue weighted by molar-refractivity contribution is 5.82. The third-order valence-corrected chi connectivity index (χ3v) is 5.37. The maximum atomic E-state index is 12.7. The molecule has 0 aromatic heterocycles. The Morgan fingerprint density at radius 3 is 2.63 bits per heavy atom. The summed E-state index contributed by atoms with van der Waals surface area (Å²) < 4.78 is 38.1. The number of alkyl halides is 3. The minimum atomic E-state index is -4.65. The molecule has 27 heavy (non-hydrogen) atoms. The topological polar surface area (TPSA) is 96.3 Å². The average molecular weight is 386 g/mol. The molecule has 1 atom stereocenters. The Balaban J connectivity index is 1.50. The van der Waals surface area contributed by atoms with Gasteiger partial charge < -0.3 is 16.0 Å². The van der Waals surface area contributed by atoms with Gasteiger partial charge in [-0.05, 0) is 49.9 Å². The summed E-state index contributed by atoms with van der Waals surface area (Å²) in [6, 6.07) is 2.33. The standard InChI is InChI=1S/C17H21F3N4O3/c18-17(19,20)11-1-2-13(14(9-11)24(26)27)22-7-8-23-15(25)12-10-16(12)3-5-21-6-4-16/h1-2,9,12,21-22H,3-8,10H2,(H,23,25). The van der Waals surface area contributed by atoms with Crippen molar-refractivity contribution >= 4 is 17.3 Å². The lowest BCUT2D eigenvalue weighted by atomic mass is 9.92.